The Labute approximate surface area is 155 Å². The molecule has 1 aliphatic rings. The Hall–Kier alpha value is -2.73. The van der Waals surface area contributed by atoms with Gasteiger partial charge in [0.05, 0.1) is 17.0 Å². The standard InChI is InChI=1S/C19H18ClNO5/c1-21(11-12-2-4-14(5-3-12)19(23)24)17(22)10-13-8-15(20)18-16(9-13)25-6-7-26-18/h2-5,8-9H,6-7,10-11H2,1H3,(H,23,24). The Kier molecular flexibility index (Phi) is 5.32. The van der Waals surface area contributed by atoms with Gasteiger partial charge >= 0.3 is 5.97 Å². The highest BCUT2D eigenvalue weighted by Gasteiger charge is 2.19. The maximum absolute atomic E-state index is 12.5. The van der Waals surface area contributed by atoms with Crippen LogP contribution >= 0.6 is 11.6 Å². The van der Waals surface area contributed by atoms with Crippen molar-refractivity contribution in [3.05, 3.63) is 58.1 Å². The lowest BCUT2D eigenvalue weighted by atomic mass is 10.1. The Morgan fingerprint density at radius 3 is 2.50 bits per heavy atom. The smallest absolute Gasteiger partial charge is 0.335 e. The molecule has 136 valence electrons. The number of hydrogen-bond donors (Lipinski definition) is 1. The summed E-state index contributed by atoms with van der Waals surface area (Å²) in [6.07, 6.45) is 0.181. The minimum absolute atomic E-state index is 0.0833. The second-order valence-electron chi connectivity index (χ2n) is 6.03. The zero-order chi connectivity index (χ0) is 18.7. The van der Waals surface area contributed by atoms with Crippen LogP contribution in [0.1, 0.15) is 21.5 Å². The average molecular weight is 376 g/mol. The summed E-state index contributed by atoms with van der Waals surface area (Å²) in [5.74, 6) is 0.0102. The first-order valence-electron chi connectivity index (χ1n) is 8.08. The fourth-order valence-electron chi connectivity index (χ4n) is 2.69. The monoisotopic (exact) mass is 375 g/mol. The van der Waals surface area contributed by atoms with Crippen LogP contribution in [-0.4, -0.2) is 42.1 Å². The molecule has 0 fully saturated rings. The zero-order valence-electron chi connectivity index (χ0n) is 14.2. The van der Waals surface area contributed by atoms with E-state index in [0.29, 0.717) is 36.3 Å². The van der Waals surface area contributed by atoms with Crippen molar-refractivity contribution >= 4 is 23.5 Å². The second kappa shape index (κ2) is 7.66. The predicted octanol–water partition coefficient (Wildman–Crippen LogP) is 3.01. The Balaban J connectivity index is 1.65. The molecule has 0 unspecified atom stereocenters. The van der Waals surface area contributed by atoms with Gasteiger partial charge < -0.3 is 19.5 Å². The average Bonchev–Trinajstić information content (AvgIpc) is 2.62. The van der Waals surface area contributed by atoms with Crippen LogP contribution in [-0.2, 0) is 17.8 Å². The maximum atomic E-state index is 12.5. The molecule has 0 saturated carbocycles. The van der Waals surface area contributed by atoms with Gasteiger partial charge in [-0.25, -0.2) is 4.79 Å². The van der Waals surface area contributed by atoms with Gasteiger partial charge in [-0.3, -0.25) is 4.79 Å². The molecule has 0 aliphatic carbocycles. The van der Waals surface area contributed by atoms with Gasteiger partial charge in [-0.05, 0) is 35.4 Å². The molecule has 3 rings (SSSR count). The third kappa shape index (κ3) is 4.08. The first kappa shape index (κ1) is 18.1. The number of likely N-dealkylation sites (N-methyl/N-ethyl adjacent to an activating group) is 1. The largest absolute Gasteiger partial charge is 0.486 e. The fraction of sp³-hybridized carbons (Fsp3) is 0.263. The molecule has 0 spiro atoms. The van der Waals surface area contributed by atoms with E-state index in [1.54, 1.807) is 36.2 Å². The number of carboxylic acid groups (broad SMARTS) is 1. The summed E-state index contributed by atoms with van der Waals surface area (Å²) in [6, 6.07) is 9.94. The zero-order valence-corrected chi connectivity index (χ0v) is 15.0. The van der Waals surface area contributed by atoms with Crippen molar-refractivity contribution in [2.45, 2.75) is 13.0 Å². The maximum Gasteiger partial charge on any atom is 0.335 e. The number of ether oxygens (including phenoxy) is 2. The highest BCUT2D eigenvalue weighted by atomic mass is 35.5. The van der Waals surface area contributed by atoms with Gasteiger partial charge in [-0.1, -0.05) is 23.7 Å². The highest BCUT2D eigenvalue weighted by Crippen LogP contribution is 2.38. The Bertz CT molecular complexity index is 835. The number of carbonyl (C=O) groups excluding carboxylic acids is 1. The third-order valence-electron chi connectivity index (χ3n) is 4.06. The van der Waals surface area contributed by atoms with Gasteiger partial charge in [-0.15, -0.1) is 0 Å². The van der Waals surface area contributed by atoms with Crippen LogP contribution in [0.5, 0.6) is 11.5 Å². The van der Waals surface area contributed by atoms with Crippen LogP contribution in [0.25, 0.3) is 0 Å². The number of amides is 1. The van der Waals surface area contributed by atoms with E-state index in [9.17, 15) is 9.59 Å². The number of fused-ring (bicyclic) bond motifs is 1. The summed E-state index contributed by atoms with van der Waals surface area (Å²) in [4.78, 5) is 25.0. The quantitative estimate of drug-likeness (QED) is 0.869. The number of aromatic carboxylic acids is 1. The van der Waals surface area contributed by atoms with Gasteiger partial charge in [0.15, 0.2) is 11.5 Å². The molecule has 6 nitrogen and oxygen atoms in total. The first-order valence-corrected chi connectivity index (χ1v) is 8.46. The van der Waals surface area contributed by atoms with Crippen molar-refractivity contribution in [2.24, 2.45) is 0 Å². The van der Waals surface area contributed by atoms with Gasteiger partial charge in [-0.2, -0.15) is 0 Å². The predicted molar refractivity (Wildman–Crippen MR) is 96.0 cm³/mol. The Morgan fingerprint density at radius 1 is 1.12 bits per heavy atom. The van der Waals surface area contributed by atoms with Crippen molar-refractivity contribution in [1.82, 2.24) is 4.90 Å². The summed E-state index contributed by atoms with van der Waals surface area (Å²) < 4.78 is 11.0. The first-order chi connectivity index (χ1) is 12.4. The van der Waals surface area contributed by atoms with E-state index in [4.69, 9.17) is 26.2 Å². The molecule has 26 heavy (non-hydrogen) atoms. The van der Waals surface area contributed by atoms with E-state index in [1.807, 2.05) is 0 Å². The van der Waals surface area contributed by atoms with Crippen molar-refractivity contribution in [1.29, 1.82) is 0 Å². The lowest BCUT2D eigenvalue weighted by Crippen LogP contribution is -2.27. The SMILES string of the molecule is CN(Cc1ccc(C(=O)O)cc1)C(=O)Cc1cc(Cl)c2c(c1)OCCO2. The number of rotatable bonds is 5. The number of carbonyl (C=O) groups is 2. The van der Waals surface area contributed by atoms with Gasteiger partial charge in [0.1, 0.15) is 13.2 Å². The lowest BCUT2D eigenvalue weighted by molar-refractivity contribution is -0.129. The highest BCUT2D eigenvalue weighted by molar-refractivity contribution is 6.32. The molecule has 2 aromatic carbocycles. The van der Waals surface area contributed by atoms with Crippen molar-refractivity contribution in [2.75, 3.05) is 20.3 Å². The number of carboxylic acids is 1. The summed E-state index contributed by atoms with van der Waals surface area (Å²) >= 11 is 6.20. The van der Waals surface area contributed by atoms with E-state index in [-0.39, 0.29) is 17.9 Å². The van der Waals surface area contributed by atoms with Gasteiger partial charge in [0, 0.05) is 13.6 Å². The summed E-state index contributed by atoms with van der Waals surface area (Å²) in [6.45, 7) is 1.29. The summed E-state index contributed by atoms with van der Waals surface area (Å²) in [7, 11) is 1.70. The van der Waals surface area contributed by atoms with E-state index in [0.717, 1.165) is 11.1 Å². The Morgan fingerprint density at radius 2 is 1.81 bits per heavy atom. The van der Waals surface area contributed by atoms with Crippen molar-refractivity contribution in [3.63, 3.8) is 0 Å². The minimum Gasteiger partial charge on any atom is -0.486 e. The van der Waals surface area contributed by atoms with Crippen molar-refractivity contribution in [3.8, 4) is 11.5 Å². The molecule has 1 aliphatic heterocycles. The summed E-state index contributed by atoms with van der Waals surface area (Å²) in [5.41, 5.74) is 1.82. The van der Waals surface area contributed by atoms with Crippen LogP contribution in [0.2, 0.25) is 5.02 Å². The molecule has 1 amide bonds. The topological polar surface area (TPSA) is 76.1 Å². The summed E-state index contributed by atoms with van der Waals surface area (Å²) in [5, 5.41) is 9.35. The van der Waals surface area contributed by atoms with Crippen molar-refractivity contribution < 1.29 is 24.2 Å². The normalized spacial score (nSPS) is 12.5. The molecular formula is C19H18ClNO5. The van der Waals surface area contributed by atoms with Crippen LogP contribution in [0.3, 0.4) is 0 Å². The third-order valence-corrected chi connectivity index (χ3v) is 4.34. The molecule has 2 aromatic rings. The molecular weight excluding hydrogens is 358 g/mol. The number of hydrogen-bond acceptors (Lipinski definition) is 4. The second-order valence-corrected chi connectivity index (χ2v) is 6.44. The van der Waals surface area contributed by atoms with Crippen LogP contribution in [0.4, 0.5) is 0 Å². The molecule has 1 N–H and O–H groups in total. The van der Waals surface area contributed by atoms with E-state index in [2.05, 4.69) is 0 Å². The number of benzene rings is 2. The van der Waals surface area contributed by atoms with E-state index < -0.39 is 5.97 Å². The van der Waals surface area contributed by atoms with E-state index in [1.165, 1.54) is 12.1 Å². The number of nitrogens with zero attached hydrogens (tertiary/aromatic N) is 1. The minimum atomic E-state index is -0.975. The molecule has 0 atom stereocenters. The van der Waals surface area contributed by atoms with Gasteiger partial charge in [0.25, 0.3) is 0 Å². The molecule has 0 radical (unpaired) electrons. The van der Waals surface area contributed by atoms with Gasteiger partial charge in [0.2, 0.25) is 5.91 Å². The molecule has 0 aromatic heterocycles. The van der Waals surface area contributed by atoms with Crippen LogP contribution < -0.4 is 9.47 Å². The van der Waals surface area contributed by atoms with Crippen LogP contribution in [0, 0.1) is 0 Å². The van der Waals surface area contributed by atoms with Crippen LogP contribution in [0.15, 0.2) is 36.4 Å². The lowest BCUT2D eigenvalue weighted by Gasteiger charge is -2.21. The molecule has 7 heteroatoms. The number of halogens is 1. The molecule has 0 saturated heterocycles. The molecule has 1 heterocycles. The van der Waals surface area contributed by atoms with E-state index >= 15 is 0 Å². The molecule has 0 bridgehead atoms. The fourth-order valence-corrected chi connectivity index (χ4v) is 2.98.